The van der Waals surface area contributed by atoms with Gasteiger partial charge < -0.3 is 23.1 Å². The fourth-order valence-corrected chi connectivity index (χ4v) is 8.64. The molecule has 0 amide bonds. The summed E-state index contributed by atoms with van der Waals surface area (Å²) in [4.78, 5) is 4.70. The Labute approximate surface area is 326 Å². The fraction of sp³-hybridized carbons (Fsp3) is 0. The van der Waals surface area contributed by atoms with Crippen molar-refractivity contribution in [3.63, 3.8) is 0 Å². The summed E-state index contributed by atoms with van der Waals surface area (Å²) in [5.74, 6) is 0. The molecule has 0 aliphatic heterocycles. The molecule has 5 heteroatoms. The Hall–Kier alpha value is -7.76. The molecule has 57 heavy (non-hydrogen) atoms. The molecule has 0 aliphatic carbocycles. The molecule has 0 radical (unpaired) electrons. The van der Waals surface area contributed by atoms with E-state index < -0.39 is 0 Å². The molecule has 3 aromatic heterocycles. The third kappa shape index (κ3) is 4.96. The first-order valence-corrected chi connectivity index (χ1v) is 19.2. The SMILES string of the molecule is c1ccc(N(c2ccc3oc4ccccc4c3c2)c2ccc(N(c3ccccc3)c3ccc4oc5ccccc5c4c3)c3cc4c(cc23)oc2ccccc24)cc1. The van der Waals surface area contributed by atoms with Gasteiger partial charge in [-0.2, -0.15) is 0 Å². The van der Waals surface area contributed by atoms with Crippen molar-refractivity contribution in [2.45, 2.75) is 0 Å². The molecule has 12 rings (SSSR count). The summed E-state index contributed by atoms with van der Waals surface area (Å²) in [6, 6.07) is 68.0. The number of anilines is 6. The van der Waals surface area contributed by atoms with Gasteiger partial charge in [0, 0.05) is 65.8 Å². The molecular formula is C52H32N2O3. The number of hydrogen-bond acceptors (Lipinski definition) is 5. The highest BCUT2D eigenvalue weighted by molar-refractivity contribution is 6.17. The van der Waals surface area contributed by atoms with Gasteiger partial charge in [-0.05, 0) is 103 Å². The topological polar surface area (TPSA) is 45.9 Å². The van der Waals surface area contributed by atoms with Gasteiger partial charge >= 0.3 is 0 Å². The summed E-state index contributed by atoms with van der Waals surface area (Å²) in [6.07, 6.45) is 0. The van der Waals surface area contributed by atoms with Crippen LogP contribution in [0, 0.1) is 0 Å². The second-order valence-corrected chi connectivity index (χ2v) is 14.5. The van der Waals surface area contributed by atoms with Crippen LogP contribution < -0.4 is 9.80 Å². The van der Waals surface area contributed by atoms with E-state index in [1.807, 2.05) is 36.4 Å². The number of fused-ring (bicyclic) bond motifs is 10. The summed E-state index contributed by atoms with van der Waals surface area (Å²) >= 11 is 0. The number of rotatable bonds is 6. The minimum atomic E-state index is 0.837. The lowest BCUT2D eigenvalue weighted by Crippen LogP contribution is -2.13. The molecule has 0 saturated carbocycles. The molecule has 0 N–H and O–H groups in total. The number of furan rings is 3. The number of para-hydroxylation sites is 5. The first-order chi connectivity index (χ1) is 28.2. The smallest absolute Gasteiger partial charge is 0.136 e. The van der Waals surface area contributed by atoms with Crippen LogP contribution in [0.5, 0.6) is 0 Å². The van der Waals surface area contributed by atoms with Gasteiger partial charge in [-0.1, -0.05) is 91.0 Å². The standard InChI is InChI=1S/C52H32N2O3/c1-3-13-33(14-4-1)53(35-23-27-50-42(29-35)37-17-7-10-20-47(37)55-50)45-25-26-46(41-32-52-44(31-40(41)45)39-19-9-12-22-49(39)57-52)54(34-15-5-2-6-16-34)36-24-28-51-43(30-36)38-18-8-11-21-48(38)56-51/h1-32H. The normalized spacial score (nSPS) is 11.9. The first kappa shape index (κ1) is 31.6. The zero-order valence-electron chi connectivity index (χ0n) is 30.6. The van der Waals surface area contributed by atoms with Gasteiger partial charge in [0.25, 0.3) is 0 Å². The number of nitrogens with zero attached hydrogens (tertiary/aromatic N) is 2. The van der Waals surface area contributed by atoms with Gasteiger partial charge in [0.05, 0.1) is 11.4 Å². The van der Waals surface area contributed by atoms with Crippen LogP contribution >= 0.6 is 0 Å². The van der Waals surface area contributed by atoms with Gasteiger partial charge in [0.15, 0.2) is 0 Å². The quantitative estimate of drug-likeness (QED) is 0.170. The Morgan fingerprint density at radius 3 is 1.07 bits per heavy atom. The molecule has 0 aliphatic rings. The lowest BCUT2D eigenvalue weighted by molar-refractivity contribution is 0.668. The second kappa shape index (κ2) is 12.4. The number of benzene rings is 9. The Kier molecular flexibility index (Phi) is 6.86. The van der Waals surface area contributed by atoms with E-state index in [1.54, 1.807) is 0 Å². The molecule has 0 unspecified atom stereocenters. The number of hydrogen-bond donors (Lipinski definition) is 0. The maximum Gasteiger partial charge on any atom is 0.136 e. The molecule has 5 nitrogen and oxygen atoms in total. The molecular weight excluding hydrogens is 701 g/mol. The van der Waals surface area contributed by atoms with E-state index in [0.717, 1.165) is 111 Å². The molecule has 0 atom stereocenters. The largest absolute Gasteiger partial charge is 0.456 e. The lowest BCUT2D eigenvalue weighted by Gasteiger charge is -2.30. The molecule has 0 saturated heterocycles. The van der Waals surface area contributed by atoms with Crippen LogP contribution in [0.25, 0.3) is 76.6 Å². The van der Waals surface area contributed by atoms with Gasteiger partial charge in [0.2, 0.25) is 0 Å². The maximum atomic E-state index is 6.60. The maximum absolute atomic E-state index is 6.60. The van der Waals surface area contributed by atoms with Crippen LogP contribution in [0.15, 0.2) is 207 Å². The minimum absolute atomic E-state index is 0.837. The van der Waals surface area contributed by atoms with E-state index >= 15 is 0 Å². The average Bonchev–Trinajstić information content (AvgIpc) is 3.95. The fourth-order valence-electron chi connectivity index (χ4n) is 8.64. The van der Waals surface area contributed by atoms with Crippen molar-refractivity contribution in [2.24, 2.45) is 0 Å². The Morgan fingerprint density at radius 1 is 0.228 bits per heavy atom. The monoisotopic (exact) mass is 732 g/mol. The molecule has 0 fully saturated rings. The van der Waals surface area contributed by atoms with E-state index in [9.17, 15) is 0 Å². The summed E-state index contributed by atoms with van der Waals surface area (Å²) in [5, 5.41) is 8.62. The van der Waals surface area contributed by atoms with E-state index in [0.29, 0.717) is 0 Å². The molecule has 0 spiro atoms. The van der Waals surface area contributed by atoms with Crippen molar-refractivity contribution >= 4 is 111 Å². The minimum Gasteiger partial charge on any atom is -0.456 e. The van der Waals surface area contributed by atoms with Crippen molar-refractivity contribution in [3.05, 3.63) is 194 Å². The van der Waals surface area contributed by atoms with Crippen LogP contribution in [-0.4, -0.2) is 0 Å². The van der Waals surface area contributed by atoms with Crippen LogP contribution in [0.3, 0.4) is 0 Å². The molecule has 268 valence electrons. The highest BCUT2D eigenvalue weighted by atomic mass is 16.3. The summed E-state index contributed by atoms with van der Waals surface area (Å²) < 4.78 is 19.2. The third-order valence-electron chi connectivity index (χ3n) is 11.2. The van der Waals surface area contributed by atoms with Crippen molar-refractivity contribution in [3.8, 4) is 0 Å². The predicted molar refractivity (Wildman–Crippen MR) is 235 cm³/mol. The lowest BCUT2D eigenvalue weighted by atomic mass is 9.99. The third-order valence-corrected chi connectivity index (χ3v) is 11.2. The Morgan fingerprint density at radius 2 is 0.596 bits per heavy atom. The van der Waals surface area contributed by atoms with Gasteiger partial charge in [0.1, 0.15) is 33.5 Å². The van der Waals surface area contributed by atoms with Gasteiger partial charge in [-0.25, -0.2) is 0 Å². The highest BCUT2D eigenvalue weighted by Crippen LogP contribution is 2.48. The van der Waals surface area contributed by atoms with Crippen molar-refractivity contribution in [2.75, 3.05) is 9.80 Å². The summed E-state index contributed by atoms with van der Waals surface area (Å²) in [6.45, 7) is 0. The first-order valence-electron chi connectivity index (χ1n) is 19.2. The van der Waals surface area contributed by atoms with Gasteiger partial charge in [-0.15, -0.1) is 0 Å². The Bertz CT molecular complexity index is 3490. The zero-order chi connectivity index (χ0) is 37.5. The molecule has 3 heterocycles. The van der Waals surface area contributed by atoms with Gasteiger partial charge in [-0.3, -0.25) is 0 Å². The van der Waals surface area contributed by atoms with Crippen molar-refractivity contribution in [1.82, 2.24) is 0 Å². The highest BCUT2D eigenvalue weighted by Gasteiger charge is 2.24. The molecule has 0 bridgehead atoms. The van der Waals surface area contributed by atoms with Crippen molar-refractivity contribution in [1.29, 1.82) is 0 Å². The summed E-state index contributed by atoms with van der Waals surface area (Å²) in [7, 11) is 0. The molecule has 12 aromatic rings. The second-order valence-electron chi connectivity index (χ2n) is 14.5. The average molecular weight is 733 g/mol. The van der Waals surface area contributed by atoms with E-state index in [4.69, 9.17) is 13.3 Å². The van der Waals surface area contributed by atoms with Crippen molar-refractivity contribution < 1.29 is 13.3 Å². The summed E-state index contributed by atoms with van der Waals surface area (Å²) in [5.41, 5.74) is 11.4. The molecule has 9 aromatic carbocycles. The van der Waals surface area contributed by atoms with Crippen LogP contribution in [-0.2, 0) is 0 Å². The van der Waals surface area contributed by atoms with E-state index in [1.165, 1.54) is 0 Å². The van der Waals surface area contributed by atoms with Crippen LogP contribution in [0.1, 0.15) is 0 Å². The zero-order valence-corrected chi connectivity index (χ0v) is 30.6. The predicted octanol–water partition coefficient (Wildman–Crippen LogP) is 15.5. The Balaban J connectivity index is 1.16. The van der Waals surface area contributed by atoms with Crippen LogP contribution in [0.4, 0.5) is 34.1 Å². The van der Waals surface area contributed by atoms with Crippen LogP contribution in [0.2, 0.25) is 0 Å². The van der Waals surface area contributed by atoms with E-state index in [2.05, 4.69) is 168 Å². The van der Waals surface area contributed by atoms with E-state index in [-0.39, 0.29) is 0 Å².